The standard InChI is InChI=1S/C18H20ClNO7/c1-10-5-15(21)12(13(10)8-20(24)25)7-18(23)27-9-16(22)11-3-4-17(26-2)14(19)6-11/h3-4,6,10,12-13H,5,7-9H2,1-2H3/t10-,12-,13+/m0/s1. The molecular formula is C18H20ClNO7. The Morgan fingerprint density at radius 2 is 2.07 bits per heavy atom. The Kier molecular flexibility index (Phi) is 6.90. The maximum absolute atomic E-state index is 12.1. The molecule has 3 atom stereocenters. The fraction of sp³-hybridized carbons (Fsp3) is 0.500. The van der Waals surface area contributed by atoms with Crippen LogP contribution in [0.1, 0.15) is 30.1 Å². The molecule has 0 bridgehead atoms. The van der Waals surface area contributed by atoms with E-state index in [1.165, 1.54) is 25.3 Å². The van der Waals surface area contributed by atoms with Gasteiger partial charge in [-0.2, -0.15) is 0 Å². The zero-order chi connectivity index (χ0) is 20.1. The van der Waals surface area contributed by atoms with Crippen molar-refractivity contribution in [3.8, 4) is 5.75 Å². The van der Waals surface area contributed by atoms with Crippen LogP contribution in [0.25, 0.3) is 0 Å². The van der Waals surface area contributed by atoms with Crippen LogP contribution in [-0.2, 0) is 14.3 Å². The normalized spacial score (nSPS) is 21.7. The molecule has 9 heteroatoms. The lowest BCUT2D eigenvalue weighted by Gasteiger charge is -2.17. The highest BCUT2D eigenvalue weighted by Gasteiger charge is 2.44. The van der Waals surface area contributed by atoms with E-state index in [1.807, 2.05) is 0 Å². The van der Waals surface area contributed by atoms with Gasteiger partial charge in [-0.05, 0) is 24.1 Å². The Morgan fingerprint density at radius 1 is 1.37 bits per heavy atom. The van der Waals surface area contributed by atoms with E-state index in [9.17, 15) is 24.5 Å². The van der Waals surface area contributed by atoms with Crippen molar-refractivity contribution >= 4 is 29.1 Å². The van der Waals surface area contributed by atoms with E-state index in [2.05, 4.69) is 0 Å². The molecular weight excluding hydrogens is 378 g/mol. The largest absolute Gasteiger partial charge is 0.495 e. The Bertz CT molecular complexity index is 764. The summed E-state index contributed by atoms with van der Waals surface area (Å²) in [5.41, 5.74) is 0.255. The van der Waals surface area contributed by atoms with Crippen LogP contribution < -0.4 is 4.74 Å². The minimum atomic E-state index is -0.747. The van der Waals surface area contributed by atoms with Gasteiger partial charge >= 0.3 is 5.97 Å². The van der Waals surface area contributed by atoms with Crippen molar-refractivity contribution in [2.24, 2.45) is 17.8 Å². The van der Waals surface area contributed by atoms with Gasteiger partial charge in [-0.1, -0.05) is 18.5 Å². The highest BCUT2D eigenvalue weighted by Crippen LogP contribution is 2.36. The number of nitrogens with zero attached hydrogens (tertiary/aromatic N) is 1. The lowest BCUT2D eigenvalue weighted by molar-refractivity contribution is -0.490. The van der Waals surface area contributed by atoms with Gasteiger partial charge in [0.05, 0.1) is 18.6 Å². The highest BCUT2D eigenvalue weighted by molar-refractivity contribution is 6.32. The van der Waals surface area contributed by atoms with E-state index >= 15 is 0 Å². The summed E-state index contributed by atoms with van der Waals surface area (Å²) in [6.45, 7) is 0.889. The average molecular weight is 398 g/mol. The highest BCUT2D eigenvalue weighted by atomic mass is 35.5. The van der Waals surface area contributed by atoms with Crippen molar-refractivity contribution in [1.82, 2.24) is 0 Å². The predicted molar refractivity (Wildman–Crippen MR) is 95.5 cm³/mol. The number of carbonyl (C=O) groups excluding carboxylic acids is 3. The molecule has 2 rings (SSSR count). The van der Waals surface area contributed by atoms with Crippen molar-refractivity contribution in [3.05, 3.63) is 38.9 Å². The number of benzene rings is 1. The predicted octanol–water partition coefficient (Wildman–Crippen LogP) is 2.58. The van der Waals surface area contributed by atoms with Gasteiger partial charge in [0, 0.05) is 28.7 Å². The molecule has 1 aliphatic rings. The third-order valence-corrected chi connectivity index (χ3v) is 5.06. The smallest absolute Gasteiger partial charge is 0.306 e. The maximum Gasteiger partial charge on any atom is 0.306 e. The number of hydrogen-bond donors (Lipinski definition) is 0. The molecule has 146 valence electrons. The molecule has 27 heavy (non-hydrogen) atoms. The van der Waals surface area contributed by atoms with Crippen molar-refractivity contribution in [3.63, 3.8) is 0 Å². The van der Waals surface area contributed by atoms with Crippen molar-refractivity contribution in [2.45, 2.75) is 19.8 Å². The van der Waals surface area contributed by atoms with E-state index in [4.69, 9.17) is 21.1 Å². The fourth-order valence-corrected chi connectivity index (χ4v) is 3.57. The SMILES string of the molecule is COc1ccc(C(=O)COC(=O)C[C@@H]2C(=O)C[C@H](C)[C@H]2C[N+](=O)[O-])cc1Cl. The fourth-order valence-electron chi connectivity index (χ4n) is 3.31. The zero-order valence-electron chi connectivity index (χ0n) is 15.0. The van der Waals surface area contributed by atoms with Crippen molar-refractivity contribution in [2.75, 3.05) is 20.3 Å². The number of hydrogen-bond acceptors (Lipinski definition) is 7. The summed E-state index contributed by atoms with van der Waals surface area (Å²) in [4.78, 5) is 46.5. The number of halogens is 1. The molecule has 1 aliphatic carbocycles. The molecule has 0 amide bonds. The first-order chi connectivity index (χ1) is 12.7. The van der Waals surface area contributed by atoms with E-state index in [0.717, 1.165) is 0 Å². The third-order valence-electron chi connectivity index (χ3n) is 4.77. The zero-order valence-corrected chi connectivity index (χ0v) is 15.7. The van der Waals surface area contributed by atoms with Crippen molar-refractivity contribution in [1.29, 1.82) is 0 Å². The topological polar surface area (TPSA) is 113 Å². The van der Waals surface area contributed by atoms with Gasteiger partial charge in [-0.3, -0.25) is 24.5 Å². The van der Waals surface area contributed by atoms with Crippen LogP contribution >= 0.6 is 11.6 Å². The minimum absolute atomic E-state index is 0.163. The van der Waals surface area contributed by atoms with Gasteiger partial charge in [0.2, 0.25) is 6.54 Å². The maximum atomic E-state index is 12.1. The van der Waals surface area contributed by atoms with Crippen LogP contribution in [0.5, 0.6) is 5.75 Å². The second kappa shape index (κ2) is 8.94. The molecule has 0 saturated heterocycles. The van der Waals surface area contributed by atoms with Crippen LogP contribution in [0.15, 0.2) is 18.2 Å². The van der Waals surface area contributed by atoms with Crippen LogP contribution in [0, 0.1) is 27.9 Å². The van der Waals surface area contributed by atoms with Crippen LogP contribution in [-0.4, -0.2) is 42.7 Å². The van der Waals surface area contributed by atoms with E-state index < -0.39 is 35.1 Å². The van der Waals surface area contributed by atoms with Crippen LogP contribution in [0.3, 0.4) is 0 Å². The summed E-state index contributed by atoms with van der Waals surface area (Å²) in [5, 5.41) is 11.1. The summed E-state index contributed by atoms with van der Waals surface area (Å²) < 4.78 is 9.97. The molecule has 0 aliphatic heterocycles. The molecule has 0 aromatic heterocycles. The number of ether oxygens (including phenoxy) is 2. The van der Waals surface area contributed by atoms with E-state index in [0.29, 0.717) is 5.75 Å². The summed E-state index contributed by atoms with van der Waals surface area (Å²) in [6.07, 6.45) is -0.0575. The Morgan fingerprint density at radius 3 is 2.67 bits per heavy atom. The summed E-state index contributed by atoms with van der Waals surface area (Å²) >= 11 is 5.96. The Hall–Kier alpha value is -2.48. The molecule has 0 unspecified atom stereocenters. The van der Waals surface area contributed by atoms with Gasteiger partial charge in [0.15, 0.2) is 12.4 Å². The summed E-state index contributed by atoms with van der Waals surface area (Å²) in [5.74, 6) is -2.37. The molecule has 1 aromatic carbocycles. The lowest BCUT2D eigenvalue weighted by atomic mass is 9.88. The van der Waals surface area contributed by atoms with Gasteiger partial charge < -0.3 is 9.47 Å². The first kappa shape index (κ1) is 20.8. The number of carbonyl (C=O) groups is 3. The summed E-state index contributed by atoms with van der Waals surface area (Å²) in [6, 6.07) is 4.43. The average Bonchev–Trinajstić information content (AvgIpc) is 2.86. The minimum Gasteiger partial charge on any atom is -0.495 e. The molecule has 0 heterocycles. The summed E-state index contributed by atoms with van der Waals surface area (Å²) in [7, 11) is 1.45. The van der Waals surface area contributed by atoms with Crippen molar-refractivity contribution < 1.29 is 28.8 Å². The number of esters is 1. The molecule has 1 fully saturated rings. The first-order valence-electron chi connectivity index (χ1n) is 8.39. The van der Waals surface area contributed by atoms with Crippen LogP contribution in [0.4, 0.5) is 0 Å². The van der Waals surface area contributed by atoms with Gasteiger partial charge in [0.25, 0.3) is 0 Å². The number of rotatable bonds is 8. The van der Waals surface area contributed by atoms with Crippen LogP contribution in [0.2, 0.25) is 5.02 Å². The monoisotopic (exact) mass is 397 g/mol. The third kappa shape index (κ3) is 5.26. The van der Waals surface area contributed by atoms with Gasteiger partial charge in [-0.25, -0.2) is 0 Å². The molecule has 8 nitrogen and oxygen atoms in total. The molecule has 1 saturated carbocycles. The quantitative estimate of drug-likeness (QED) is 0.286. The number of ketones is 2. The Labute approximate surface area is 160 Å². The number of nitro groups is 1. The number of Topliss-reactive ketones (excluding diaryl/α,β-unsaturated/α-hetero) is 2. The Balaban J connectivity index is 1.93. The van der Waals surface area contributed by atoms with Gasteiger partial charge in [0.1, 0.15) is 11.5 Å². The van der Waals surface area contributed by atoms with Gasteiger partial charge in [-0.15, -0.1) is 0 Å². The molecule has 0 radical (unpaired) electrons. The number of methoxy groups -OCH3 is 1. The van der Waals surface area contributed by atoms with E-state index in [1.54, 1.807) is 6.92 Å². The molecule has 0 N–H and O–H groups in total. The van der Waals surface area contributed by atoms with E-state index in [-0.39, 0.29) is 41.7 Å². The lowest BCUT2D eigenvalue weighted by Crippen LogP contribution is -2.28. The molecule has 0 spiro atoms. The first-order valence-corrected chi connectivity index (χ1v) is 8.77. The second-order valence-corrected chi connectivity index (χ2v) is 6.98. The molecule has 1 aromatic rings. The second-order valence-electron chi connectivity index (χ2n) is 6.57.